The molecule has 0 aromatic rings. The molecule has 2 aliphatic heterocycles. The van der Waals surface area contributed by atoms with Gasteiger partial charge in [-0.1, -0.05) is 6.92 Å². The molecule has 0 saturated carbocycles. The number of piperidine rings is 1. The van der Waals surface area contributed by atoms with Crippen molar-refractivity contribution >= 4 is 5.71 Å². The Hall–Kier alpha value is -1.14. The standard InChI is InChI=1S/C13H23FN4O/c1-2-12(11(16)5-15)17-13-3-4-18(6-10(13)14)9-7-19-8-9/h5,9-10,13H,2-4,6-8,15-16H2,1H3. The molecular formula is C13H23FN4O. The van der Waals surface area contributed by atoms with Gasteiger partial charge in [-0.25, -0.2) is 4.39 Å². The number of hydrogen-bond donors (Lipinski definition) is 2. The summed E-state index contributed by atoms with van der Waals surface area (Å²) in [5, 5.41) is 0. The Morgan fingerprint density at radius 3 is 2.74 bits per heavy atom. The Labute approximate surface area is 113 Å². The molecule has 0 spiro atoms. The van der Waals surface area contributed by atoms with Crippen molar-refractivity contribution in [1.82, 2.24) is 4.90 Å². The molecule has 6 heteroatoms. The van der Waals surface area contributed by atoms with E-state index in [1.807, 2.05) is 6.92 Å². The van der Waals surface area contributed by atoms with Crippen LogP contribution in [-0.4, -0.2) is 55.2 Å². The van der Waals surface area contributed by atoms with E-state index in [0.29, 0.717) is 30.4 Å². The molecule has 2 heterocycles. The SMILES string of the molecule is CCC(=NC1CCN(C2COC2)CC1F)C(N)=CN. The second-order valence-electron chi connectivity index (χ2n) is 5.11. The first kappa shape index (κ1) is 14.3. The summed E-state index contributed by atoms with van der Waals surface area (Å²) >= 11 is 0. The first-order valence-electron chi connectivity index (χ1n) is 6.86. The summed E-state index contributed by atoms with van der Waals surface area (Å²) in [6.07, 6.45) is 1.78. The molecule has 0 radical (unpaired) electrons. The van der Waals surface area contributed by atoms with Gasteiger partial charge < -0.3 is 16.2 Å². The average molecular weight is 270 g/mol. The maximum atomic E-state index is 14.2. The minimum Gasteiger partial charge on any atom is -0.403 e. The van der Waals surface area contributed by atoms with Crippen LogP contribution in [-0.2, 0) is 4.74 Å². The number of nitrogens with two attached hydrogens (primary N) is 2. The third kappa shape index (κ3) is 3.25. The van der Waals surface area contributed by atoms with Crippen molar-refractivity contribution in [1.29, 1.82) is 0 Å². The summed E-state index contributed by atoms with van der Waals surface area (Å²) in [5.41, 5.74) is 12.3. The Kier molecular flexibility index (Phi) is 4.76. The highest BCUT2D eigenvalue weighted by molar-refractivity contribution is 5.99. The van der Waals surface area contributed by atoms with Gasteiger partial charge in [0.1, 0.15) is 6.17 Å². The van der Waals surface area contributed by atoms with E-state index in [1.54, 1.807) is 0 Å². The molecule has 0 aliphatic carbocycles. The molecule has 0 aromatic heterocycles. The highest BCUT2D eigenvalue weighted by atomic mass is 19.1. The van der Waals surface area contributed by atoms with E-state index in [-0.39, 0.29) is 6.04 Å². The van der Waals surface area contributed by atoms with E-state index in [1.165, 1.54) is 6.20 Å². The maximum absolute atomic E-state index is 14.2. The monoisotopic (exact) mass is 270 g/mol. The number of hydrogen-bond acceptors (Lipinski definition) is 5. The first-order chi connectivity index (χ1) is 9.15. The van der Waals surface area contributed by atoms with Crippen molar-refractivity contribution in [3.8, 4) is 0 Å². The molecule has 2 fully saturated rings. The molecule has 2 atom stereocenters. The van der Waals surface area contributed by atoms with E-state index in [0.717, 1.165) is 26.2 Å². The van der Waals surface area contributed by atoms with Gasteiger partial charge in [-0.2, -0.15) is 0 Å². The van der Waals surface area contributed by atoms with Crippen LogP contribution in [0, 0.1) is 0 Å². The topological polar surface area (TPSA) is 76.9 Å². The molecule has 0 amide bonds. The summed E-state index contributed by atoms with van der Waals surface area (Å²) in [6.45, 7) is 4.70. The fourth-order valence-electron chi connectivity index (χ4n) is 2.49. The zero-order valence-electron chi connectivity index (χ0n) is 11.4. The number of aliphatic imine (C=N–C) groups is 1. The van der Waals surface area contributed by atoms with Crippen LogP contribution < -0.4 is 11.5 Å². The van der Waals surface area contributed by atoms with Crippen LogP contribution in [0.5, 0.6) is 0 Å². The van der Waals surface area contributed by atoms with Crippen LogP contribution in [0.4, 0.5) is 4.39 Å². The normalized spacial score (nSPS) is 31.3. The number of ether oxygens (including phenoxy) is 1. The minimum absolute atomic E-state index is 0.300. The van der Waals surface area contributed by atoms with Crippen LogP contribution >= 0.6 is 0 Å². The van der Waals surface area contributed by atoms with Gasteiger partial charge in [0.2, 0.25) is 0 Å². The summed E-state index contributed by atoms with van der Waals surface area (Å²) in [7, 11) is 0. The predicted octanol–water partition coefficient (Wildman–Crippen LogP) is 0.407. The molecule has 19 heavy (non-hydrogen) atoms. The third-order valence-electron chi connectivity index (χ3n) is 3.84. The van der Waals surface area contributed by atoms with Crippen molar-refractivity contribution in [2.75, 3.05) is 26.3 Å². The molecule has 0 aromatic carbocycles. The highest BCUT2D eigenvalue weighted by Crippen LogP contribution is 2.22. The molecule has 0 bridgehead atoms. The average Bonchev–Trinajstić information content (AvgIpc) is 2.35. The van der Waals surface area contributed by atoms with Gasteiger partial charge in [-0.05, 0) is 12.8 Å². The molecule has 4 N–H and O–H groups in total. The lowest BCUT2D eigenvalue weighted by Crippen LogP contribution is -2.55. The van der Waals surface area contributed by atoms with Crippen molar-refractivity contribution < 1.29 is 9.13 Å². The van der Waals surface area contributed by atoms with Crippen LogP contribution in [0.15, 0.2) is 16.9 Å². The number of likely N-dealkylation sites (tertiary alicyclic amines) is 1. The van der Waals surface area contributed by atoms with Gasteiger partial charge in [-0.3, -0.25) is 9.89 Å². The van der Waals surface area contributed by atoms with Crippen molar-refractivity contribution in [2.24, 2.45) is 16.5 Å². The second-order valence-corrected chi connectivity index (χ2v) is 5.11. The minimum atomic E-state index is -0.943. The van der Waals surface area contributed by atoms with Crippen molar-refractivity contribution in [3.05, 3.63) is 11.9 Å². The van der Waals surface area contributed by atoms with E-state index < -0.39 is 6.17 Å². The summed E-state index contributed by atoms with van der Waals surface area (Å²) in [6, 6.07) is 0.0912. The molecular weight excluding hydrogens is 247 g/mol. The molecule has 2 rings (SSSR count). The van der Waals surface area contributed by atoms with Gasteiger partial charge in [0.05, 0.1) is 36.7 Å². The zero-order chi connectivity index (χ0) is 13.8. The molecule has 108 valence electrons. The smallest absolute Gasteiger partial charge is 0.135 e. The number of alkyl halides is 1. The number of nitrogens with zero attached hydrogens (tertiary/aromatic N) is 2. The van der Waals surface area contributed by atoms with Crippen LogP contribution in [0.3, 0.4) is 0 Å². The van der Waals surface area contributed by atoms with Crippen LogP contribution in [0.25, 0.3) is 0 Å². The van der Waals surface area contributed by atoms with Crippen LogP contribution in [0.2, 0.25) is 0 Å². The summed E-state index contributed by atoms with van der Waals surface area (Å²) in [4.78, 5) is 6.61. The van der Waals surface area contributed by atoms with E-state index in [9.17, 15) is 4.39 Å². The fraction of sp³-hybridized carbons (Fsp3) is 0.769. The van der Waals surface area contributed by atoms with Gasteiger partial charge in [0.15, 0.2) is 0 Å². The Morgan fingerprint density at radius 1 is 1.53 bits per heavy atom. The third-order valence-corrected chi connectivity index (χ3v) is 3.84. The summed E-state index contributed by atoms with van der Waals surface area (Å²) in [5.74, 6) is 0. The summed E-state index contributed by atoms with van der Waals surface area (Å²) < 4.78 is 19.4. The maximum Gasteiger partial charge on any atom is 0.135 e. The molecule has 2 saturated heterocycles. The molecule has 2 aliphatic rings. The zero-order valence-corrected chi connectivity index (χ0v) is 11.4. The second kappa shape index (κ2) is 6.34. The van der Waals surface area contributed by atoms with Gasteiger partial charge in [-0.15, -0.1) is 0 Å². The Balaban J connectivity index is 1.96. The fourth-order valence-corrected chi connectivity index (χ4v) is 2.49. The van der Waals surface area contributed by atoms with Gasteiger partial charge in [0.25, 0.3) is 0 Å². The Morgan fingerprint density at radius 2 is 2.26 bits per heavy atom. The van der Waals surface area contributed by atoms with Crippen molar-refractivity contribution in [2.45, 2.75) is 38.0 Å². The molecule has 2 unspecified atom stereocenters. The lowest BCUT2D eigenvalue weighted by atomic mass is 10.0. The Bertz CT molecular complexity index is 368. The lowest BCUT2D eigenvalue weighted by molar-refractivity contribution is -0.0801. The number of halogens is 1. The lowest BCUT2D eigenvalue weighted by Gasteiger charge is -2.42. The molecule has 5 nitrogen and oxygen atoms in total. The largest absolute Gasteiger partial charge is 0.403 e. The quantitative estimate of drug-likeness (QED) is 0.725. The van der Waals surface area contributed by atoms with E-state index >= 15 is 0 Å². The highest BCUT2D eigenvalue weighted by Gasteiger charge is 2.35. The van der Waals surface area contributed by atoms with Gasteiger partial charge in [0, 0.05) is 19.3 Å². The van der Waals surface area contributed by atoms with Gasteiger partial charge >= 0.3 is 0 Å². The predicted molar refractivity (Wildman–Crippen MR) is 73.7 cm³/mol. The number of allylic oxidation sites excluding steroid dienone is 1. The van der Waals surface area contributed by atoms with Crippen molar-refractivity contribution in [3.63, 3.8) is 0 Å². The number of rotatable bonds is 4. The van der Waals surface area contributed by atoms with Crippen LogP contribution in [0.1, 0.15) is 19.8 Å². The van der Waals surface area contributed by atoms with E-state index in [2.05, 4.69) is 9.89 Å². The first-order valence-corrected chi connectivity index (χ1v) is 6.86. The van der Waals surface area contributed by atoms with E-state index in [4.69, 9.17) is 16.2 Å².